The normalized spacial score (nSPS) is 10.2. The second-order valence-corrected chi connectivity index (χ2v) is 5.52. The first kappa shape index (κ1) is 15.3. The van der Waals surface area contributed by atoms with E-state index in [2.05, 4.69) is 21.2 Å². The molecule has 4 nitrogen and oxygen atoms in total. The maximum Gasteiger partial charge on any atom is 0.338 e. The second kappa shape index (κ2) is 6.10. The Morgan fingerprint density at radius 3 is 2.43 bits per heavy atom. The molecule has 108 valence electrons. The fourth-order valence-electron chi connectivity index (χ4n) is 2.10. The molecule has 0 radical (unpaired) electrons. The van der Waals surface area contributed by atoms with Crippen LogP contribution in [0.4, 0.5) is 5.69 Å². The van der Waals surface area contributed by atoms with Crippen molar-refractivity contribution in [2.24, 2.45) is 0 Å². The molecular weight excluding hydrogens is 334 g/mol. The van der Waals surface area contributed by atoms with Gasteiger partial charge >= 0.3 is 5.97 Å². The Balaban J connectivity index is 2.39. The summed E-state index contributed by atoms with van der Waals surface area (Å²) in [7, 11) is 0. The van der Waals surface area contributed by atoms with Crippen molar-refractivity contribution in [3.05, 3.63) is 63.1 Å². The molecule has 0 atom stereocenters. The summed E-state index contributed by atoms with van der Waals surface area (Å²) in [6.45, 7) is 3.52. The maximum absolute atomic E-state index is 12.3. The number of nitrogens with one attached hydrogen (secondary N) is 1. The lowest BCUT2D eigenvalue weighted by molar-refractivity contribution is 0.0697. The van der Waals surface area contributed by atoms with E-state index in [0.717, 1.165) is 10.0 Å². The molecule has 0 aliphatic rings. The van der Waals surface area contributed by atoms with E-state index in [1.54, 1.807) is 37.3 Å². The molecule has 2 aromatic carbocycles. The van der Waals surface area contributed by atoms with Crippen LogP contribution < -0.4 is 5.32 Å². The number of aromatic carboxylic acids is 1. The predicted octanol–water partition coefficient (Wildman–Crippen LogP) is 4.02. The SMILES string of the molecule is Cc1cccc(NC(=O)c2cccc(Br)c2C)c1C(=O)O. The zero-order chi connectivity index (χ0) is 15.6. The molecular formula is C16H14BrNO3. The van der Waals surface area contributed by atoms with E-state index in [1.165, 1.54) is 0 Å². The quantitative estimate of drug-likeness (QED) is 0.881. The Hall–Kier alpha value is -2.14. The first-order chi connectivity index (χ1) is 9.91. The van der Waals surface area contributed by atoms with Gasteiger partial charge in [0.1, 0.15) is 0 Å². The van der Waals surface area contributed by atoms with E-state index in [9.17, 15) is 14.7 Å². The van der Waals surface area contributed by atoms with Crippen LogP contribution in [0.15, 0.2) is 40.9 Å². The first-order valence-electron chi connectivity index (χ1n) is 6.31. The Labute approximate surface area is 130 Å². The van der Waals surface area contributed by atoms with Crippen LogP contribution >= 0.6 is 15.9 Å². The van der Waals surface area contributed by atoms with Gasteiger partial charge < -0.3 is 10.4 Å². The molecule has 0 saturated heterocycles. The number of hydrogen-bond donors (Lipinski definition) is 2. The highest BCUT2D eigenvalue weighted by molar-refractivity contribution is 9.10. The standard InChI is InChI=1S/C16H14BrNO3/c1-9-5-3-8-13(14(9)16(20)21)18-15(19)11-6-4-7-12(17)10(11)2/h3-8H,1-2H3,(H,18,19)(H,20,21). The number of carbonyl (C=O) groups is 2. The van der Waals surface area contributed by atoms with Crippen LogP contribution in [0.1, 0.15) is 31.8 Å². The Bertz CT molecular complexity index is 725. The van der Waals surface area contributed by atoms with Crippen molar-refractivity contribution in [1.29, 1.82) is 0 Å². The number of carboxylic acids is 1. The summed E-state index contributed by atoms with van der Waals surface area (Å²) >= 11 is 3.37. The molecule has 0 aromatic heterocycles. The number of benzene rings is 2. The largest absolute Gasteiger partial charge is 0.478 e. The average molecular weight is 348 g/mol. The molecule has 0 spiro atoms. The Morgan fingerprint density at radius 1 is 1.10 bits per heavy atom. The topological polar surface area (TPSA) is 66.4 Å². The zero-order valence-electron chi connectivity index (χ0n) is 11.6. The van der Waals surface area contributed by atoms with Gasteiger partial charge in [-0.1, -0.05) is 34.1 Å². The minimum Gasteiger partial charge on any atom is -0.478 e. The van der Waals surface area contributed by atoms with Crippen molar-refractivity contribution in [3.8, 4) is 0 Å². The second-order valence-electron chi connectivity index (χ2n) is 4.67. The van der Waals surface area contributed by atoms with Crippen molar-refractivity contribution in [3.63, 3.8) is 0 Å². The van der Waals surface area contributed by atoms with Crippen LogP contribution in [-0.4, -0.2) is 17.0 Å². The summed E-state index contributed by atoms with van der Waals surface area (Å²) < 4.78 is 0.831. The van der Waals surface area contributed by atoms with Crippen LogP contribution in [0.5, 0.6) is 0 Å². The molecule has 0 aliphatic heterocycles. The van der Waals surface area contributed by atoms with Crippen molar-refractivity contribution >= 4 is 33.5 Å². The van der Waals surface area contributed by atoms with Crippen LogP contribution in [-0.2, 0) is 0 Å². The molecule has 0 fully saturated rings. The third-order valence-electron chi connectivity index (χ3n) is 3.25. The van der Waals surface area contributed by atoms with Crippen molar-refractivity contribution < 1.29 is 14.7 Å². The molecule has 1 amide bonds. The average Bonchev–Trinajstić information content (AvgIpc) is 2.41. The van der Waals surface area contributed by atoms with E-state index in [-0.39, 0.29) is 11.5 Å². The highest BCUT2D eigenvalue weighted by Gasteiger charge is 2.17. The number of amides is 1. The van der Waals surface area contributed by atoms with Crippen LogP contribution in [0.2, 0.25) is 0 Å². The van der Waals surface area contributed by atoms with Crippen molar-refractivity contribution in [1.82, 2.24) is 0 Å². The van der Waals surface area contributed by atoms with Gasteiger partial charge in [0.05, 0.1) is 11.3 Å². The van der Waals surface area contributed by atoms with E-state index >= 15 is 0 Å². The van der Waals surface area contributed by atoms with Crippen LogP contribution in [0.3, 0.4) is 0 Å². The van der Waals surface area contributed by atoms with Gasteiger partial charge in [0.15, 0.2) is 0 Å². The molecule has 0 saturated carbocycles. The summed E-state index contributed by atoms with van der Waals surface area (Å²) in [6, 6.07) is 10.3. The van der Waals surface area contributed by atoms with Crippen molar-refractivity contribution in [2.75, 3.05) is 5.32 Å². The van der Waals surface area contributed by atoms with E-state index in [1.807, 2.05) is 13.0 Å². The summed E-state index contributed by atoms with van der Waals surface area (Å²) in [5, 5.41) is 11.9. The zero-order valence-corrected chi connectivity index (χ0v) is 13.2. The molecule has 21 heavy (non-hydrogen) atoms. The summed E-state index contributed by atoms with van der Waals surface area (Å²) in [6.07, 6.45) is 0. The number of hydrogen-bond acceptors (Lipinski definition) is 2. The molecule has 2 N–H and O–H groups in total. The van der Waals surface area contributed by atoms with Gasteiger partial charge in [-0.3, -0.25) is 4.79 Å². The number of anilines is 1. The lowest BCUT2D eigenvalue weighted by atomic mass is 10.1. The van der Waals surface area contributed by atoms with Gasteiger partial charge in [-0.2, -0.15) is 0 Å². The molecule has 2 aromatic rings. The number of carboxylic acid groups (broad SMARTS) is 1. The number of halogens is 1. The molecule has 0 heterocycles. The van der Waals surface area contributed by atoms with Gasteiger partial charge in [0.2, 0.25) is 0 Å². The number of rotatable bonds is 3. The lowest BCUT2D eigenvalue weighted by Gasteiger charge is -2.12. The lowest BCUT2D eigenvalue weighted by Crippen LogP contribution is -2.16. The van der Waals surface area contributed by atoms with E-state index in [0.29, 0.717) is 16.8 Å². The monoisotopic (exact) mass is 347 g/mol. The molecule has 2 rings (SSSR count). The third-order valence-corrected chi connectivity index (χ3v) is 4.11. The first-order valence-corrected chi connectivity index (χ1v) is 7.10. The molecule has 0 unspecified atom stereocenters. The molecule has 5 heteroatoms. The summed E-state index contributed by atoms with van der Waals surface area (Å²) in [4.78, 5) is 23.7. The van der Waals surface area contributed by atoms with Gasteiger partial charge in [-0.15, -0.1) is 0 Å². The highest BCUT2D eigenvalue weighted by atomic mass is 79.9. The van der Waals surface area contributed by atoms with Gasteiger partial charge in [-0.25, -0.2) is 4.79 Å². The third kappa shape index (κ3) is 3.13. The van der Waals surface area contributed by atoms with E-state index < -0.39 is 5.97 Å². The Kier molecular flexibility index (Phi) is 4.43. The molecule has 0 bridgehead atoms. The molecule has 0 aliphatic carbocycles. The number of aryl methyl sites for hydroxylation is 1. The van der Waals surface area contributed by atoms with E-state index in [4.69, 9.17) is 0 Å². The maximum atomic E-state index is 12.3. The van der Waals surface area contributed by atoms with Gasteiger partial charge in [-0.05, 0) is 43.2 Å². The Morgan fingerprint density at radius 2 is 1.76 bits per heavy atom. The fourth-order valence-corrected chi connectivity index (χ4v) is 2.47. The smallest absolute Gasteiger partial charge is 0.338 e. The van der Waals surface area contributed by atoms with Crippen molar-refractivity contribution in [2.45, 2.75) is 13.8 Å². The summed E-state index contributed by atoms with van der Waals surface area (Å²) in [5.74, 6) is -1.39. The van der Waals surface area contributed by atoms with Crippen LogP contribution in [0.25, 0.3) is 0 Å². The minimum atomic E-state index is -1.06. The number of carbonyl (C=O) groups excluding carboxylic acids is 1. The summed E-state index contributed by atoms with van der Waals surface area (Å²) in [5.41, 5.74) is 2.32. The van der Waals surface area contributed by atoms with Gasteiger partial charge in [0.25, 0.3) is 5.91 Å². The predicted molar refractivity (Wildman–Crippen MR) is 85.0 cm³/mol. The minimum absolute atomic E-state index is 0.110. The van der Waals surface area contributed by atoms with Gasteiger partial charge in [0, 0.05) is 10.0 Å². The highest BCUT2D eigenvalue weighted by Crippen LogP contribution is 2.23. The fraction of sp³-hybridized carbons (Fsp3) is 0.125. The van der Waals surface area contributed by atoms with Crippen LogP contribution in [0, 0.1) is 13.8 Å².